The van der Waals surface area contributed by atoms with E-state index in [1.807, 2.05) is 0 Å². The molecule has 2 aromatic heterocycles. The van der Waals surface area contributed by atoms with Crippen LogP contribution in [0.4, 0.5) is 0 Å². The van der Waals surface area contributed by atoms with E-state index in [-0.39, 0.29) is 48.0 Å². The SMILES string of the molecule is [I-].[I-].c1cc[n+](CCCCCCCC[n+]2ccccc2)cc1. The molecule has 0 N–H and O–H groups in total. The van der Waals surface area contributed by atoms with Crippen LogP contribution in [0.25, 0.3) is 0 Å². The zero-order chi connectivity index (χ0) is 13.9. The molecule has 0 atom stereocenters. The van der Waals surface area contributed by atoms with Crippen molar-refractivity contribution in [3.8, 4) is 0 Å². The molecule has 0 fully saturated rings. The zero-order valence-electron chi connectivity index (χ0n) is 13.1. The van der Waals surface area contributed by atoms with E-state index in [9.17, 15) is 0 Å². The molecule has 22 heavy (non-hydrogen) atoms. The number of aryl methyl sites for hydroxylation is 2. The minimum atomic E-state index is 0. The van der Waals surface area contributed by atoms with E-state index < -0.39 is 0 Å². The summed E-state index contributed by atoms with van der Waals surface area (Å²) in [6.07, 6.45) is 16.6. The van der Waals surface area contributed by atoms with Crippen LogP contribution in [-0.4, -0.2) is 0 Å². The van der Waals surface area contributed by atoms with Crippen molar-refractivity contribution < 1.29 is 57.1 Å². The van der Waals surface area contributed by atoms with Crippen molar-refractivity contribution in [1.82, 2.24) is 0 Å². The lowest BCUT2D eigenvalue weighted by Crippen LogP contribution is -3.00. The molecule has 0 aromatic carbocycles. The molecule has 2 nitrogen and oxygen atoms in total. The second kappa shape index (κ2) is 14.4. The number of pyridine rings is 2. The molecule has 0 amide bonds. The van der Waals surface area contributed by atoms with Crippen molar-refractivity contribution in [3.63, 3.8) is 0 Å². The van der Waals surface area contributed by atoms with Gasteiger partial charge in [-0.05, 0) is 12.8 Å². The van der Waals surface area contributed by atoms with Gasteiger partial charge in [0.15, 0.2) is 24.8 Å². The number of unbranched alkanes of at least 4 members (excludes halogenated alkanes) is 5. The lowest BCUT2D eigenvalue weighted by atomic mass is 10.1. The average molecular weight is 524 g/mol. The van der Waals surface area contributed by atoms with Gasteiger partial charge in [0, 0.05) is 37.1 Å². The zero-order valence-corrected chi connectivity index (χ0v) is 17.4. The van der Waals surface area contributed by atoms with E-state index in [0.717, 1.165) is 13.1 Å². The molecular formula is C18H26I2N2. The van der Waals surface area contributed by atoms with Crippen LogP contribution in [0.15, 0.2) is 61.2 Å². The Kier molecular flexibility index (Phi) is 14.2. The van der Waals surface area contributed by atoms with Crippen molar-refractivity contribution in [2.24, 2.45) is 0 Å². The summed E-state index contributed by atoms with van der Waals surface area (Å²) < 4.78 is 4.54. The lowest BCUT2D eigenvalue weighted by molar-refractivity contribution is -0.697. The quantitative estimate of drug-likeness (QED) is 0.192. The maximum absolute atomic E-state index is 2.27. The summed E-state index contributed by atoms with van der Waals surface area (Å²) >= 11 is 0. The average Bonchev–Trinajstić information content (AvgIpc) is 2.52. The summed E-state index contributed by atoms with van der Waals surface area (Å²) in [5, 5.41) is 0. The number of hydrogen-bond donors (Lipinski definition) is 0. The third-order valence-corrected chi connectivity index (χ3v) is 3.64. The summed E-state index contributed by atoms with van der Waals surface area (Å²) in [5.74, 6) is 0. The highest BCUT2D eigenvalue weighted by atomic mass is 127. The van der Waals surface area contributed by atoms with Crippen molar-refractivity contribution in [2.45, 2.75) is 51.6 Å². The summed E-state index contributed by atoms with van der Waals surface area (Å²) in [6, 6.07) is 12.5. The van der Waals surface area contributed by atoms with Crippen LogP contribution in [-0.2, 0) is 13.1 Å². The first kappa shape index (κ1) is 21.8. The topological polar surface area (TPSA) is 7.76 Å². The highest BCUT2D eigenvalue weighted by molar-refractivity contribution is 4.84. The number of nitrogens with zero attached hydrogens (tertiary/aromatic N) is 2. The molecule has 0 unspecified atom stereocenters. The van der Waals surface area contributed by atoms with Crippen LogP contribution in [0.5, 0.6) is 0 Å². The van der Waals surface area contributed by atoms with Gasteiger partial charge in [-0.15, -0.1) is 0 Å². The Bertz CT molecular complexity index is 418. The molecule has 2 rings (SSSR count). The van der Waals surface area contributed by atoms with Crippen LogP contribution in [0.2, 0.25) is 0 Å². The molecule has 0 aliphatic carbocycles. The van der Waals surface area contributed by atoms with Gasteiger partial charge in [-0.1, -0.05) is 25.0 Å². The minimum Gasteiger partial charge on any atom is -1.00 e. The maximum Gasteiger partial charge on any atom is 0.168 e. The third kappa shape index (κ3) is 9.71. The van der Waals surface area contributed by atoms with Crippen LogP contribution in [0, 0.1) is 0 Å². The van der Waals surface area contributed by atoms with E-state index in [0.29, 0.717) is 0 Å². The highest BCUT2D eigenvalue weighted by Crippen LogP contribution is 2.05. The van der Waals surface area contributed by atoms with E-state index in [1.54, 1.807) is 0 Å². The van der Waals surface area contributed by atoms with Gasteiger partial charge < -0.3 is 48.0 Å². The summed E-state index contributed by atoms with van der Waals surface area (Å²) in [7, 11) is 0. The van der Waals surface area contributed by atoms with Gasteiger partial charge in [0.05, 0.1) is 0 Å². The Labute approximate surface area is 169 Å². The Morgan fingerprint density at radius 3 is 1.09 bits per heavy atom. The Morgan fingerprint density at radius 2 is 0.727 bits per heavy atom. The van der Waals surface area contributed by atoms with E-state index in [4.69, 9.17) is 0 Å². The molecule has 2 aromatic rings. The highest BCUT2D eigenvalue weighted by Gasteiger charge is 1.99. The van der Waals surface area contributed by atoms with Crippen molar-refractivity contribution in [2.75, 3.05) is 0 Å². The smallest absolute Gasteiger partial charge is 0.168 e. The molecule has 0 aliphatic rings. The van der Waals surface area contributed by atoms with Gasteiger partial charge in [-0.3, -0.25) is 0 Å². The van der Waals surface area contributed by atoms with Gasteiger partial charge in [-0.2, -0.15) is 0 Å². The number of halogens is 2. The molecule has 0 radical (unpaired) electrons. The normalized spacial score (nSPS) is 9.64. The molecule has 122 valence electrons. The largest absolute Gasteiger partial charge is 1.00 e. The van der Waals surface area contributed by atoms with Crippen LogP contribution in [0.3, 0.4) is 0 Å². The maximum atomic E-state index is 2.27. The van der Waals surface area contributed by atoms with Crippen LogP contribution < -0.4 is 57.1 Å². The second-order valence-electron chi connectivity index (χ2n) is 5.35. The van der Waals surface area contributed by atoms with E-state index in [2.05, 4.69) is 70.3 Å². The first-order chi connectivity index (χ1) is 9.95. The molecule has 2 heterocycles. The fraction of sp³-hybridized carbons (Fsp3) is 0.444. The second-order valence-corrected chi connectivity index (χ2v) is 5.35. The van der Waals surface area contributed by atoms with Crippen molar-refractivity contribution in [3.05, 3.63) is 61.2 Å². The van der Waals surface area contributed by atoms with Crippen LogP contribution >= 0.6 is 0 Å². The van der Waals surface area contributed by atoms with E-state index >= 15 is 0 Å². The van der Waals surface area contributed by atoms with Crippen molar-refractivity contribution >= 4 is 0 Å². The molecule has 0 aliphatic heterocycles. The van der Waals surface area contributed by atoms with Gasteiger partial charge in [0.25, 0.3) is 0 Å². The van der Waals surface area contributed by atoms with Crippen LogP contribution in [0.1, 0.15) is 38.5 Å². The Hall–Kier alpha value is -0.240. The molecule has 4 heteroatoms. The predicted octanol–water partition coefficient (Wildman–Crippen LogP) is -2.69. The minimum absolute atomic E-state index is 0. The molecular weight excluding hydrogens is 498 g/mol. The Morgan fingerprint density at radius 1 is 0.409 bits per heavy atom. The fourth-order valence-corrected chi connectivity index (χ4v) is 2.46. The number of aromatic nitrogens is 2. The first-order valence-electron chi connectivity index (χ1n) is 7.83. The van der Waals surface area contributed by atoms with Crippen molar-refractivity contribution in [1.29, 1.82) is 0 Å². The molecule has 0 saturated carbocycles. The van der Waals surface area contributed by atoms with Gasteiger partial charge >= 0.3 is 0 Å². The summed E-state index contributed by atoms with van der Waals surface area (Å²) in [5.41, 5.74) is 0. The third-order valence-electron chi connectivity index (χ3n) is 3.64. The van der Waals surface area contributed by atoms with Gasteiger partial charge in [0.2, 0.25) is 0 Å². The summed E-state index contributed by atoms with van der Waals surface area (Å²) in [6.45, 7) is 2.31. The standard InChI is InChI=1S/C18H26N2.2HI/c1(3-7-13-19-15-9-5-10-16-19)2-4-8-14-20-17-11-6-12-18-20;;/h5-6,9-12,15-18H,1-4,7-8,13-14H2;2*1H/q+2;;/p-2. The number of rotatable bonds is 9. The summed E-state index contributed by atoms with van der Waals surface area (Å²) in [4.78, 5) is 0. The fourth-order valence-electron chi connectivity index (χ4n) is 2.46. The molecule has 0 saturated heterocycles. The van der Waals surface area contributed by atoms with Gasteiger partial charge in [0.1, 0.15) is 13.1 Å². The number of hydrogen-bond acceptors (Lipinski definition) is 0. The predicted molar refractivity (Wildman–Crippen MR) is 81.0 cm³/mol. The first-order valence-corrected chi connectivity index (χ1v) is 7.83. The molecule has 0 spiro atoms. The lowest BCUT2D eigenvalue weighted by Gasteiger charge is -2.00. The molecule has 0 bridgehead atoms. The van der Waals surface area contributed by atoms with Gasteiger partial charge in [-0.25, -0.2) is 9.13 Å². The monoisotopic (exact) mass is 524 g/mol. The Balaban J connectivity index is 0.00000220. The van der Waals surface area contributed by atoms with E-state index in [1.165, 1.54) is 38.5 Å².